The summed E-state index contributed by atoms with van der Waals surface area (Å²) in [6, 6.07) is 5.28. The molecule has 0 spiro atoms. The van der Waals surface area contributed by atoms with Gasteiger partial charge in [-0.1, -0.05) is 20.8 Å². The first kappa shape index (κ1) is 19.2. The first-order valence-corrected chi connectivity index (χ1v) is 9.48. The number of benzene rings is 1. The molecule has 3 rings (SSSR count). The number of carbonyl (C=O) groups excluding carboxylic acids is 3. The summed E-state index contributed by atoms with van der Waals surface area (Å²) in [6.45, 7) is 9.15. The summed E-state index contributed by atoms with van der Waals surface area (Å²) in [5.74, 6) is -0.0876. The fourth-order valence-corrected chi connectivity index (χ4v) is 3.32. The van der Waals surface area contributed by atoms with Crippen LogP contribution in [0, 0.1) is 5.41 Å². The second kappa shape index (κ2) is 7.58. The summed E-state index contributed by atoms with van der Waals surface area (Å²) >= 11 is 0. The predicted octanol–water partition coefficient (Wildman–Crippen LogP) is 2.08. The summed E-state index contributed by atoms with van der Waals surface area (Å²) in [5, 5.41) is 5.75. The molecule has 2 aliphatic heterocycles. The van der Waals surface area contributed by atoms with Gasteiger partial charge >= 0.3 is 6.03 Å². The van der Waals surface area contributed by atoms with E-state index in [4.69, 9.17) is 0 Å². The molecule has 1 saturated heterocycles. The number of rotatable bonds is 2. The number of hydrogen-bond acceptors (Lipinski definition) is 3. The standard InChI is InChI=1S/C20H28N4O3/c1-20(2,3)13-21-19(27)24-8-4-7-23(9-10-24)18(26)14-5-6-16-15(11-14)12-17(25)22-16/h5-6,11H,4,7-10,12-13H2,1-3H3,(H,21,27)(H,22,25). The summed E-state index contributed by atoms with van der Waals surface area (Å²) in [7, 11) is 0. The van der Waals surface area contributed by atoms with Gasteiger partial charge in [0.05, 0.1) is 6.42 Å². The van der Waals surface area contributed by atoms with E-state index >= 15 is 0 Å². The van der Waals surface area contributed by atoms with Crippen LogP contribution in [0.2, 0.25) is 0 Å². The average molecular weight is 372 g/mol. The molecule has 1 aromatic rings. The molecule has 0 saturated carbocycles. The van der Waals surface area contributed by atoms with Crippen LogP contribution in [0.3, 0.4) is 0 Å². The number of urea groups is 1. The van der Waals surface area contributed by atoms with Gasteiger partial charge < -0.3 is 20.4 Å². The Morgan fingerprint density at radius 1 is 1.11 bits per heavy atom. The maximum absolute atomic E-state index is 12.9. The minimum Gasteiger partial charge on any atom is -0.337 e. The van der Waals surface area contributed by atoms with Gasteiger partial charge in [-0.25, -0.2) is 4.79 Å². The molecule has 0 bridgehead atoms. The predicted molar refractivity (Wildman–Crippen MR) is 104 cm³/mol. The molecule has 27 heavy (non-hydrogen) atoms. The van der Waals surface area contributed by atoms with Crippen molar-refractivity contribution in [1.82, 2.24) is 15.1 Å². The number of amides is 4. The van der Waals surface area contributed by atoms with Crippen LogP contribution in [0.4, 0.5) is 10.5 Å². The number of hydrogen-bond donors (Lipinski definition) is 2. The molecule has 0 unspecified atom stereocenters. The number of anilines is 1. The Morgan fingerprint density at radius 3 is 2.56 bits per heavy atom. The normalized spacial score (nSPS) is 17.2. The average Bonchev–Trinajstić information content (AvgIpc) is 2.81. The molecular weight excluding hydrogens is 344 g/mol. The molecule has 2 heterocycles. The summed E-state index contributed by atoms with van der Waals surface area (Å²) in [4.78, 5) is 40.3. The lowest BCUT2D eigenvalue weighted by Crippen LogP contribution is -2.44. The van der Waals surface area contributed by atoms with Crippen LogP contribution in [-0.2, 0) is 11.2 Å². The van der Waals surface area contributed by atoms with Crippen molar-refractivity contribution in [2.75, 3.05) is 38.0 Å². The van der Waals surface area contributed by atoms with Gasteiger partial charge in [0.1, 0.15) is 0 Å². The molecule has 2 N–H and O–H groups in total. The first-order valence-electron chi connectivity index (χ1n) is 9.48. The maximum Gasteiger partial charge on any atom is 0.317 e. The van der Waals surface area contributed by atoms with Crippen LogP contribution in [0.15, 0.2) is 18.2 Å². The number of fused-ring (bicyclic) bond motifs is 1. The zero-order valence-corrected chi connectivity index (χ0v) is 16.3. The quantitative estimate of drug-likeness (QED) is 0.834. The van der Waals surface area contributed by atoms with Crippen LogP contribution in [0.25, 0.3) is 0 Å². The molecule has 1 fully saturated rings. The molecule has 7 heteroatoms. The molecule has 4 amide bonds. The molecule has 2 aliphatic rings. The SMILES string of the molecule is CC(C)(C)CNC(=O)N1CCCN(C(=O)c2ccc3c(c2)CC(=O)N3)CC1. The molecule has 1 aromatic carbocycles. The third kappa shape index (κ3) is 4.78. The maximum atomic E-state index is 12.9. The number of carbonyl (C=O) groups is 3. The van der Waals surface area contributed by atoms with Crippen LogP contribution in [0.5, 0.6) is 0 Å². The fraction of sp³-hybridized carbons (Fsp3) is 0.550. The van der Waals surface area contributed by atoms with Crippen molar-refractivity contribution in [3.63, 3.8) is 0 Å². The van der Waals surface area contributed by atoms with E-state index < -0.39 is 0 Å². The largest absolute Gasteiger partial charge is 0.337 e. The zero-order valence-electron chi connectivity index (χ0n) is 16.3. The Balaban J connectivity index is 1.59. The van der Waals surface area contributed by atoms with E-state index in [0.717, 1.165) is 17.7 Å². The summed E-state index contributed by atoms with van der Waals surface area (Å²) < 4.78 is 0. The van der Waals surface area contributed by atoms with Gasteiger partial charge in [0.25, 0.3) is 5.91 Å². The Morgan fingerprint density at radius 2 is 1.81 bits per heavy atom. The Hall–Kier alpha value is -2.57. The lowest BCUT2D eigenvalue weighted by molar-refractivity contribution is -0.115. The van der Waals surface area contributed by atoms with E-state index in [2.05, 4.69) is 31.4 Å². The second-order valence-electron chi connectivity index (χ2n) is 8.45. The van der Waals surface area contributed by atoms with Crippen LogP contribution in [-0.4, -0.2) is 60.4 Å². The van der Waals surface area contributed by atoms with E-state index in [9.17, 15) is 14.4 Å². The molecule has 0 radical (unpaired) electrons. The second-order valence-corrected chi connectivity index (χ2v) is 8.45. The van der Waals surface area contributed by atoms with Gasteiger partial charge in [-0.2, -0.15) is 0 Å². The van der Waals surface area contributed by atoms with Crippen molar-refractivity contribution >= 4 is 23.5 Å². The van der Waals surface area contributed by atoms with Crippen LogP contribution < -0.4 is 10.6 Å². The highest BCUT2D eigenvalue weighted by molar-refractivity contribution is 6.01. The van der Waals surface area contributed by atoms with Crippen molar-refractivity contribution in [2.24, 2.45) is 5.41 Å². The van der Waals surface area contributed by atoms with Crippen molar-refractivity contribution in [3.8, 4) is 0 Å². The molecular formula is C20H28N4O3. The molecule has 7 nitrogen and oxygen atoms in total. The Bertz CT molecular complexity index is 754. The molecule has 0 aromatic heterocycles. The topological polar surface area (TPSA) is 81.8 Å². The summed E-state index contributed by atoms with van der Waals surface area (Å²) in [5.41, 5.74) is 2.28. The molecule has 146 valence electrons. The van der Waals surface area contributed by atoms with Gasteiger partial charge in [0.15, 0.2) is 0 Å². The monoisotopic (exact) mass is 372 g/mol. The van der Waals surface area contributed by atoms with Crippen LogP contribution >= 0.6 is 0 Å². The highest BCUT2D eigenvalue weighted by Gasteiger charge is 2.25. The van der Waals surface area contributed by atoms with E-state index in [-0.39, 0.29) is 23.3 Å². The van der Waals surface area contributed by atoms with Crippen molar-refractivity contribution in [3.05, 3.63) is 29.3 Å². The van der Waals surface area contributed by atoms with E-state index in [0.29, 0.717) is 44.7 Å². The zero-order chi connectivity index (χ0) is 19.6. The van der Waals surface area contributed by atoms with Gasteiger partial charge in [-0.3, -0.25) is 9.59 Å². The number of nitrogens with zero attached hydrogens (tertiary/aromatic N) is 2. The lowest BCUT2D eigenvalue weighted by Gasteiger charge is -2.25. The van der Waals surface area contributed by atoms with Gasteiger partial charge in [-0.05, 0) is 35.6 Å². The fourth-order valence-electron chi connectivity index (χ4n) is 3.32. The third-order valence-electron chi connectivity index (χ3n) is 4.82. The lowest BCUT2D eigenvalue weighted by atomic mass is 9.97. The Labute approximate surface area is 160 Å². The van der Waals surface area contributed by atoms with Gasteiger partial charge in [0.2, 0.25) is 5.91 Å². The smallest absolute Gasteiger partial charge is 0.317 e. The van der Waals surface area contributed by atoms with Crippen molar-refractivity contribution in [2.45, 2.75) is 33.6 Å². The minimum absolute atomic E-state index is 0.0350. The van der Waals surface area contributed by atoms with Crippen LogP contribution in [0.1, 0.15) is 43.1 Å². The number of nitrogens with one attached hydrogen (secondary N) is 2. The molecule has 0 aliphatic carbocycles. The van der Waals surface area contributed by atoms with E-state index in [1.165, 1.54) is 0 Å². The van der Waals surface area contributed by atoms with Gasteiger partial charge in [0, 0.05) is 44.0 Å². The third-order valence-corrected chi connectivity index (χ3v) is 4.82. The first-order chi connectivity index (χ1) is 12.7. The molecule has 0 atom stereocenters. The highest BCUT2D eigenvalue weighted by atomic mass is 16.2. The van der Waals surface area contributed by atoms with Crippen molar-refractivity contribution in [1.29, 1.82) is 0 Å². The van der Waals surface area contributed by atoms with Crippen molar-refractivity contribution < 1.29 is 14.4 Å². The highest BCUT2D eigenvalue weighted by Crippen LogP contribution is 2.24. The minimum atomic E-state index is -0.0682. The van der Waals surface area contributed by atoms with E-state index in [1.54, 1.807) is 28.0 Å². The Kier molecular flexibility index (Phi) is 5.39. The van der Waals surface area contributed by atoms with Gasteiger partial charge in [-0.15, -0.1) is 0 Å². The van der Waals surface area contributed by atoms with E-state index in [1.807, 2.05) is 0 Å². The summed E-state index contributed by atoms with van der Waals surface area (Å²) in [6.07, 6.45) is 1.07.